The highest BCUT2D eigenvalue weighted by atomic mass is 79.9. The number of hydrogen-bond donors (Lipinski definition) is 1. The molecule has 0 saturated carbocycles. The van der Waals surface area contributed by atoms with Gasteiger partial charge in [0.15, 0.2) is 0 Å². The third-order valence-electron chi connectivity index (χ3n) is 2.72. The van der Waals surface area contributed by atoms with E-state index in [9.17, 15) is 8.78 Å². The first kappa shape index (κ1) is 15.4. The van der Waals surface area contributed by atoms with Crippen LogP contribution >= 0.6 is 15.9 Å². The molecule has 0 bridgehead atoms. The topological polar surface area (TPSA) is 56.3 Å². The number of rotatable bonds is 5. The fourth-order valence-corrected chi connectivity index (χ4v) is 2.04. The van der Waals surface area contributed by atoms with Gasteiger partial charge in [0.1, 0.15) is 18.0 Å². The molecule has 112 valence electrons. The van der Waals surface area contributed by atoms with Gasteiger partial charge in [0.25, 0.3) is 0 Å². The lowest BCUT2D eigenvalue weighted by Crippen LogP contribution is -2.08. The maximum atomic E-state index is 13.7. The Morgan fingerprint density at radius 1 is 1.10 bits per heavy atom. The number of aromatic nitrogens is 2. The van der Waals surface area contributed by atoms with Crippen LogP contribution in [0.2, 0.25) is 0 Å². The number of halogens is 3. The van der Waals surface area contributed by atoms with Crippen molar-refractivity contribution in [3.05, 3.63) is 40.1 Å². The summed E-state index contributed by atoms with van der Waals surface area (Å²) in [4.78, 5) is 7.89. The number of nitrogens with one attached hydrogen (secondary N) is 1. The smallest absolute Gasteiger partial charge is 0.225 e. The van der Waals surface area contributed by atoms with Gasteiger partial charge < -0.3 is 14.8 Å². The van der Waals surface area contributed by atoms with Crippen LogP contribution in [0, 0.1) is 11.6 Å². The zero-order valence-electron chi connectivity index (χ0n) is 11.3. The van der Waals surface area contributed by atoms with Gasteiger partial charge in [-0.05, 0) is 22.0 Å². The maximum Gasteiger partial charge on any atom is 0.225 e. The van der Waals surface area contributed by atoms with Gasteiger partial charge in [-0.15, -0.1) is 0 Å². The molecule has 1 aromatic heterocycles. The van der Waals surface area contributed by atoms with Crippen molar-refractivity contribution in [3.8, 4) is 11.8 Å². The highest BCUT2D eigenvalue weighted by molar-refractivity contribution is 9.10. The fraction of sp³-hybridized carbons (Fsp3) is 0.231. The standard InChI is InChI=1S/C13H12BrF2N3O2/c1-20-12-7(13(21-2)19-6-18-12)5-17-11-4-9(15)8(14)3-10(11)16/h3-4,6,17H,5H2,1-2H3. The Kier molecular flexibility index (Phi) is 4.89. The minimum atomic E-state index is -0.585. The molecular formula is C13H12BrF2N3O2. The number of anilines is 1. The molecule has 0 radical (unpaired) electrons. The molecule has 0 spiro atoms. The van der Waals surface area contributed by atoms with Crippen LogP contribution in [0.5, 0.6) is 11.8 Å². The van der Waals surface area contributed by atoms with Crippen LogP contribution in [0.15, 0.2) is 22.9 Å². The molecule has 0 saturated heterocycles. The van der Waals surface area contributed by atoms with Gasteiger partial charge in [0.2, 0.25) is 11.8 Å². The number of methoxy groups -OCH3 is 2. The van der Waals surface area contributed by atoms with Crippen molar-refractivity contribution in [2.45, 2.75) is 6.54 Å². The molecule has 1 N–H and O–H groups in total. The Labute approximate surface area is 128 Å². The second-order valence-electron chi connectivity index (χ2n) is 3.97. The van der Waals surface area contributed by atoms with E-state index in [1.165, 1.54) is 20.5 Å². The normalized spacial score (nSPS) is 10.3. The molecule has 8 heteroatoms. The van der Waals surface area contributed by atoms with Crippen molar-refractivity contribution >= 4 is 21.6 Å². The zero-order valence-corrected chi connectivity index (χ0v) is 12.9. The third kappa shape index (κ3) is 3.38. The van der Waals surface area contributed by atoms with E-state index >= 15 is 0 Å². The first-order chi connectivity index (χ1) is 10.1. The minimum absolute atomic E-state index is 0.0173. The van der Waals surface area contributed by atoms with Crippen molar-refractivity contribution in [3.63, 3.8) is 0 Å². The molecule has 0 aliphatic carbocycles. The lowest BCUT2D eigenvalue weighted by atomic mass is 10.2. The lowest BCUT2D eigenvalue weighted by Gasteiger charge is -2.13. The van der Waals surface area contributed by atoms with Crippen molar-refractivity contribution in [1.29, 1.82) is 0 Å². The van der Waals surface area contributed by atoms with Gasteiger partial charge in [-0.25, -0.2) is 18.7 Å². The molecule has 0 aliphatic rings. The van der Waals surface area contributed by atoms with E-state index in [0.717, 1.165) is 12.1 Å². The van der Waals surface area contributed by atoms with E-state index in [-0.39, 0.29) is 16.7 Å². The molecule has 5 nitrogen and oxygen atoms in total. The van der Waals surface area contributed by atoms with Crippen LogP contribution in [-0.4, -0.2) is 24.2 Å². The van der Waals surface area contributed by atoms with E-state index in [4.69, 9.17) is 9.47 Å². The van der Waals surface area contributed by atoms with Crippen LogP contribution in [0.4, 0.5) is 14.5 Å². The summed E-state index contributed by atoms with van der Waals surface area (Å²) < 4.78 is 37.5. The first-order valence-corrected chi connectivity index (χ1v) is 6.66. The average Bonchev–Trinajstić information content (AvgIpc) is 2.49. The van der Waals surface area contributed by atoms with Gasteiger partial charge >= 0.3 is 0 Å². The Morgan fingerprint density at radius 2 is 1.71 bits per heavy atom. The largest absolute Gasteiger partial charge is 0.481 e. The lowest BCUT2D eigenvalue weighted by molar-refractivity contribution is 0.363. The summed E-state index contributed by atoms with van der Waals surface area (Å²) in [6.07, 6.45) is 1.29. The molecule has 0 fully saturated rings. The van der Waals surface area contributed by atoms with Gasteiger partial charge in [-0.3, -0.25) is 0 Å². The molecule has 2 aromatic rings. The summed E-state index contributed by atoms with van der Waals surface area (Å²) in [5, 5.41) is 2.77. The van der Waals surface area contributed by atoms with Gasteiger partial charge in [-0.2, -0.15) is 0 Å². The predicted octanol–water partition coefficient (Wildman–Crippen LogP) is 3.15. The second-order valence-corrected chi connectivity index (χ2v) is 4.82. The minimum Gasteiger partial charge on any atom is -0.481 e. The maximum absolute atomic E-state index is 13.7. The van der Waals surface area contributed by atoms with Crippen molar-refractivity contribution in [2.24, 2.45) is 0 Å². The number of ether oxygens (including phenoxy) is 2. The van der Waals surface area contributed by atoms with Crippen molar-refractivity contribution in [2.75, 3.05) is 19.5 Å². The summed E-state index contributed by atoms with van der Waals surface area (Å²) in [6.45, 7) is 0.116. The Morgan fingerprint density at radius 3 is 2.29 bits per heavy atom. The van der Waals surface area contributed by atoms with Crippen LogP contribution in [-0.2, 0) is 6.54 Å². The van der Waals surface area contributed by atoms with Crippen LogP contribution < -0.4 is 14.8 Å². The van der Waals surface area contributed by atoms with Gasteiger partial charge in [0, 0.05) is 6.07 Å². The highest BCUT2D eigenvalue weighted by Crippen LogP contribution is 2.27. The molecule has 2 rings (SSSR count). The first-order valence-electron chi connectivity index (χ1n) is 5.87. The van der Waals surface area contributed by atoms with E-state index in [1.807, 2.05) is 0 Å². The number of nitrogens with zero attached hydrogens (tertiary/aromatic N) is 2. The highest BCUT2D eigenvalue weighted by Gasteiger charge is 2.14. The van der Waals surface area contributed by atoms with Crippen LogP contribution in [0.1, 0.15) is 5.56 Å². The summed E-state index contributed by atoms with van der Waals surface area (Å²) in [7, 11) is 2.90. The molecular weight excluding hydrogens is 348 g/mol. The monoisotopic (exact) mass is 359 g/mol. The summed E-state index contributed by atoms with van der Waals surface area (Å²) in [5.41, 5.74) is 0.522. The molecule has 21 heavy (non-hydrogen) atoms. The molecule has 1 heterocycles. The third-order valence-corrected chi connectivity index (χ3v) is 3.33. The predicted molar refractivity (Wildman–Crippen MR) is 76.5 cm³/mol. The van der Waals surface area contributed by atoms with Crippen molar-refractivity contribution in [1.82, 2.24) is 9.97 Å². The molecule has 1 aromatic carbocycles. The summed E-state index contributed by atoms with van der Waals surface area (Å²) >= 11 is 2.92. The second kappa shape index (κ2) is 6.66. The van der Waals surface area contributed by atoms with Gasteiger partial charge in [0.05, 0.1) is 36.5 Å². The fourth-order valence-electron chi connectivity index (χ4n) is 1.73. The molecule has 0 aliphatic heterocycles. The Balaban J connectivity index is 2.26. The quantitative estimate of drug-likeness (QED) is 0.831. The molecule has 0 atom stereocenters. The van der Waals surface area contributed by atoms with Gasteiger partial charge in [-0.1, -0.05) is 0 Å². The van der Waals surface area contributed by atoms with Crippen molar-refractivity contribution < 1.29 is 18.3 Å². The summed E-state index contributed by atoms with van der Waals surface area (Å²) in [5.74, 6) is -0.556. The number of benzene rings is 1. The Hall–Kier alpha value is -1.96. The average molecular weight is 360 g/mol. The van der Waals surface area contributed by atoms with E-state index in [2.05, 4.69) is 31.2 Å². The van der Waals surface area contributed by atoms with E-state index in [0.29, 0.717) is 17.3 Å². The zero-order chi connectivity index (χ0) is 15.4. The Bertz CT molecular complexity index is 633. The van der Waals surface area contributed by atoms with E-state index < -0.39 is 11.6 Å². The number of hydrogen-bond acceptors (Lipinski definition) is 5. The van der Waals surface area contributed by atoms with E-state index in [1.54, 1.807) is 0 Å². The van der Waals surface area contributed by atoms with Crippen LogP contribution in [0.25, 0.3) is 0 Å². The molecule has 0 unspecified atom stereocenters. The SMILES string of the molecule is COc1ncnc(OC)c1CNc1cc(F)c(Br)cc1F. The summed E-state index contributed by atoms with van der Waals surface area (Å²) in [6, 6.07) is 2.11. The molecule has 0 amide bonds. The van der Waals surface area contributed by atoms with Crippen LogP contribution in [0.3, 0.4) is 0 Å².